The van der Waals surface area contributed by atoms with Crippen LogP contribution in [0.15, 0.2) is 24.3 Å². The second-order valence-corrected chi connectivity index (χ2v) is 6.16. The van der Waals surface area contributed by atoms with Crippen LogP contribution in [-0.4, -0.2) is 30.6 Å². The molecule has 0 saturated heterocycles. The highest BCUT2D eigenvalue weighted by molar-refractivity contribution is 5.26. The molecule has 2 atom stereocenters. The van der Waals surface area contributed by atoms with Crippen LogP contribution in [0.4, 0.5) is 0 Å². The second-order valence-electron chi connectivity index (χ2n) is 6.16. The normalized spacial score (nSPS) is 18.2. The predicted octanol–water partition coefficient (Wildman–Crippen LogP) is 3.77. The Morgan fingerprint density at radius 1 is 1.20 bits per heavy atom. The summed E-state index contributed by atoms with van der Waals surface area (Å²) >= 11 is 0. The predicted molar refractivity (Wildman–Crippen MR) is 87.1 cm³/mol. The number of hydrogen-bond donors (Lipinski definition) is 1. The number of hydrogen-bond acceptors (Lipinski definition) is 2. The van der Waals surface area contributed by atoms with Gasteiger partial charge in [0, 0.05) is 18.1 Å². The Hall–Kier alpha value is -0.860. The van der Waals surface area contributed by atoms with E-state index in [-0.39, 0.29) is 0 Å². The van der Waals surface area contributed by atoms with Crippen molar-refractivity contribution in [1.82, 2.24) is 10.2 Å². The fraction of sp³-hybridized carbons (Fsp3) is 0.667. The Bertz CT molecular complexity index is 394. The number of benzene rings is 1. The van der Waals surface area contributed by atoms with Crippen molar-refractivity contribution in [3.63, 3.8) is 0 Å². The fourth-order valence-corrected chi connectivity index (χ4v) is 2.88. The first-order chi connectivity index (χ1) is 9.67. The molecule has 0 spiro atoms. The minimum absolute atomic E-state index is 0.437. The summed E-state index contributed by atoms with van der Waals surface area (Å²) < 4.78 is 0. The molecule has 1 aliphatic rings. The largest absolute Gasteiger partial charge is 0.309 e. The smallest absolute Gasteiger partial charge is 0.0475 e. The third-order valence-corrected chi connectivity index (χ3v) is 4.61. The topological polar surface area (TPSA) is 15.3 Å². The van der Waals surface area contributed by atoms with E-state index in [1.54, 1.807) is 0 Å². The Kier molecular flexibility index (Phi) is 5.62. The van der Waals surface area contributed by atoms with Crippen molar-refractivity contribution >= 4 is 0 Å². The summed E-state index contributed by atoms with van der Waals surface area (Å²) in [6.45, 7) is 7.90. The van der Waals surface area contributed by atoms with E-state index < -0.39 is 0 Å². The second kappa shape index (κ2) is 7.24. The van der Waals surface area contributed by atoms with E-state index >= 15 is 0 Å². The average molecular weight is 274 g/mol. The van der Waals surface area contributed by atoms with Gasteiger partial charge in [-0.1, -0.05) is 38.1 Å². The van der Waals surface area contributed by atoms with Crippen molar-refractivity contribution in [2.75, 3.05) is 13.6 Å². The fourth-order valence-electron chi connectivity index (χ4n) is 2.88. The Balaban J connectivity index is 2.11. The van der Waals surface area contributed by atoms with Gasteiger partial charge in [-0.15, -0.1) is 0 Å². The van der Waals surface area contributed by atoms with Crippen LogP contribution >= 0.6 is 0 Å². The lowest BCUT2D eigenvalue weighted by Gasteiger charge is -2.33. The molecule has 0 amide bonds. The highest BCUT2D eigenvalue weighted by Crippen LogP contribution is 2.31. The summed E-state index contributed by atoms with van der Waals surface area (Å²) in [5, 5.41) is 3.74. The zero-order valence-corrected chi connectivity index (χ0v) is 13.5. The molecule has 1 fully saturated rings. The summed E-state index contributed by atoms with van der Waals surface area (Å²) in [5.74, 6) is 0. The average Bonchev–Trinajstić information content (AvgIpc) is 3.32. The van der Waals surface area contributed by atoms with E-state index in [0.717, 1.165) is 19.0 Å². The monoisotopic (exact) mass is 274 g/mol. The van der Waals surface area contributed by atoms with Gasteiger partial charge in [-0.2, -0.15) is 0 Å². The molecule has 2 unspecified atom stereocenters. The van der Waals surface area contributed by atoms with E-state index in [1.807, 2.05) is 0 Å². The van der Waals surface area contributed by atoms with Gasteiger partial charge in [0.2, 0.25) is 0 Å². The van der Waals surface area contributed by atoms with Crippen LogP contribution < -0.4 is 5.32 Å². The SMILES string of the molecule is CCCNC(c1ccc(CC)cc1)C(C)N(C)C1CC1. The summed E-state index contributed by atoms with van der Waals surface area (Å²) in [6, 6.07) is 11.0. The van der Waals surface area contributed by atoms with E-state index in [0.29, 0.717) is 12.1 Å². The molecule has 0 heterocycles. The minimum Gasteiger partial charge on any atom is -0.309 e. The van der Waals surface area contributed by atoms with E-state index in [1.165, 1.54) is 30.4 Å². The van der Waals surface area contributed by atoms with Crippen LogP contribution in [0.25, 0.3) is 0 Å². The molecule has 2 heteroatoms. The van der Waals surface area contributed by atoms with Gasteiger partial charge in [-0.05, 0) is 57.3 Å². The van der Waals surface area contributed by atoms with Crippen LogP contribution in [0.2, 0.25) is 0 Å². The molecule has 20 heavy (non-hydrogen) atoms. The molecule has 112 valence electrons. The van der Waals surface area contributed by atoms with Gasteiger partial charge in [0.25, 0.3) is 0 Å². The van der Waals surface area contributed by atoms with Crippen LogP contribution in [0.5, 0.6) is 0 Å². The maximum atomic E-state index is 3.74. The van der Waals surface area contributed by atoms with Crippen LogP contribution in [0.1, 0.15) is 57.2 Å². The van der Waals surface area contributed by atoms with Crippen molar-refractivity contribution < 1.29 is 0 Å². The van der Waals surface area contributed by atoms with E-state index in [4.69, 9.17) is 0 Å². The highest BCUT2D eigenvalue weighted by atomic mass is 15.2. The molecule has 0 bridgehead atoms. The molecule has 1 aliphatic carbocycles. The van der Waals surface area contributed by atoms with E-state index in [9.17, 15) is 0 Å². The van der Waals surface area contributed by atoms with Crippen LogP contribution in [-0.2, 0) is 6.42 Å². The van der Waals surface area contributed by atoms with E-state index in [2.05, 4.69) is 62.3 Å². The van der Waals surface area contributed by atoms with Crippen molar-refractivity contribution in [3.05, 3.63) is 35.4 Å². The highest BCUT2D eigenvalue weighted by Gasteiger charge is 2.32. The molecule has 0 radical (unpaired) electrons. The molecular formula is C18H30N2. The van der Waals surface area contributed by atoms with Gasteiger partial charge in [0.05, 0.1) is 0 Å². The molecule has 1 N–H and O–H groups in total. The third kappa shape index (κ3) is 3.83. The zero-order chi connectivity index (χ0) is 14.5. The quantitative estimate of drug-likeness (QED) is 0.776. The van der Waals surface area contributed by atoms with Gasteiger partial charge < -0.3 is 5.32 Å². The summed E-state index contributed by atoms with van der Waals surface area (Å²) in [7, 11) is 2.28. The molecular weight excluding hydrogens is 244 g/mol. The number of likely N-dealkylation sites (N-methyl/N-ethyl adjacent to an activating group) is 1. The lowest BCUT2D eigenvalue weighted by molar-refractivity contribution is 0.198. The number of rotatable bonds is 8. The Morgan fingerprint density at radius 2 is 1.85 bits per heavy atom. The Labute approximate surface area is 124 Å². The summed E-state index contributed by atoms with van der Waals surface area (Å²) in [5.41, 5.74) is 2.85. The van der Waals surface area contributed by atoms with Gasteiger partial charge in [0.15, 0.2) is 0 Å². The van der Waals surface area contributed by atoms with Gasteiger partial charge >= 0.3 is 0 Å². The lowest BCUT2D eigenvalue weighted by Crippen LogP contribution is -2.42. The molecule has 0 aliphatic heterocycles. The first-order valence-electron chi connectivity index (χ1n) is 8.21. The summed E-state index contributed by atoms with van der Waals surface area (Å²) in [6.07, 6.45) is 5.04. The molecule has 2 rings (SSSR count). The van der Waals surface area contributed by atoms with Crippen LogP contribution in [0, 0.1) is 0 Å². The number of aryl methyl sites for hydroxylation is 1. The first-order valence-corrected chi connectivity index (χ1v) is 8.21. The Morgan fingerprint density at radius 3 is 2.35 bits per heavy atom. The maximum absolute atomic E-state index is 3.74. The molecule has 1 aromatic carbocycles. The number of nitrogens with zero attached hydrogens (tertiary/aromatic N) is 1. The molecule has 1 aromatic rings. The third-order valence-electron chi connectivity index (χ3n) is 4.61. The zero-order valence-electron chi connectivity index (χ0n) is 13.5. The molecule has 0 aromatic heterocycles. The van der Waals surface area contributed by atoms with Crippen molar-refractivity contribution in [2.45, 2.75) is 64.6 Å². The van der Waals surface area contributed by atoms with Gasteiger partial charge in [0.1, 0.15) is 0 Å². The molecule has 2 nitrogen and oxygen atoms in total. The van der Waals surface area contributed by atoms with Gasteiger partial charge in [-0.25, -0.2) is 0 Å². The lowest BCUT2D eigenvalue weighted by atomic mass is 9.97. The van der Waals surface area contributed by atoms with Crippen molar-refractivity contribution in [2.24, 2.45) is 0 Å². The minimum atomic E-state index is 0.437. The summed E-state index contributed by atoms with van der Waals surface area (Å²) in [4.78, 5) is 2.56. The van der Waals surface area contributed by atoms with Crippen molar-refractivity contribution in [3.8, 4) is 0 Å². The van der Waals surface area contributed by atoms with Crippen LogP contribution in [0.3, 0.4) is 0 Å². The maximum Gasteiger partial charge on any atom is 0.0475 e. The standard InChI is InChI=1S/C18H30N2/c1-5-13-19-18(14(3)20(4)17-11-12-17)16-9-7-15(6-2)8-10-16/h7-10,14,17-19H,5-6,11-13H2,1-4H3. The molecule has 1 saturated carbocycles. The van der Waals surface area contributed by atoms with Gasteiger partial charge in [-0.3, -0.25) is 4.90 Å². The number of nitrogens with one attached hydrogen (secondary N) is 1. The first kappa shape index (κ1) is 15.5. The van der Waals surface area contributed by atoms with Crippen molar-refractivity contribution in [1.29, 1.82) is 0 Å².